The molecule has 0 saturated carbocycles. The minimum absolute atomic E-state index is 0.0207. The van der Waals surface area contributed by atoms with Gasteiger partial charge in [-0.1, -0.05) is 35.9 Å². The van der Waals surface area contributed by atoms with Crippen molar-refractivity contribution in [2.45, 2.75) is 25.9 Å². The van der Waals surface area contributed by atoms with Crippen molar-refractivity contribution in [3.63, 3.8) is 0 Å². The quantitative estimate of drug-likeness (QED) is 0.832. The van der Waals surface area contributed by atoms with Crippen molar-refractivity contribution in [3.05, 3.63) is 64.2 Å². The Morgan fingerprint density at radius 2 is 2.11 bits per heavy atom. The molecule has 1 aliphatic rings. The van der Waals surface area contributed by atoms with Gasteiger partial charge in [0, 0.05) is 31.7 Å². The highest BCUT2D eigenvalue weighted by atomic mass is 35.5. The molecule has 5 nitrogen and oxygen atoms in total. The van der Waals surface area contributed by atoms with Crippen molar-refractivity contribution in [3.8, 4) is 6.07 Å². The van der Waals surface area contributed by atoms with Crippen molar-refractivity contribution >= 4 is 23.2 Å². The molecule has 0 aliphatic carbocycles. The van der Waals surface area contributed by atoms with E-state index in [1.54, 1.807) is 17.0 Å². The van der Waals surface area contributed by atoms with Gasteiger partial charge in [-0.2, -0.15) is 5.26 Å². The Hall–Kier alpha value is -2.55. The van der Waals surface area contributed by atoms with Crippen molar-refractivity contribution < 1.29 is 9.90 Å². The van der Waals surface area contributed by atoms with E-state index in [-0.39, 0.29) is 18.6 Å². The lowest BCUT2D eigenvalue weighted by Crippen LogP contribution is -2.38. The van der Waals surface area contributed by atoms with Crippen LogP contribution >= 0.6 is 11.6 Å². The van der Waals surface area contributed by atoms with E-state index in [1.165, 1.54) is 11.1 Å². The third kappa shape index (κ3) is 4.24. The van der Waals surface area contributed by atoms with Crippen LogP contribution in [0.15, 0.2) is 42.5 Å². The van der Waals surface area contributed by atoms with Crippen LogP contribution in [0.1, 0.15) is 23.1 Å². The number of hydrogen-bond donors (Lipinski definition) is 1. The molecular weight excluding hydrogens is 362 g/mol. The van der Waals surface area contributed by atoms with Crippen molar-refractivity contribution in [2.75, 3.05) is 24.6 Å². The average molecular weight is 384 g/mol. The molecule has 1 heterocycles. The number of rotatable bonds is 6. The number of aliphatic hydroxyl groups excluding tert-OH is 1. The number of amides is 1. The van der Waals surface area contributed by atoms with Gasteiger partial charge < -0.3 is 14.9 Å². The van der Waals surface area contributed by atoms with Crippen LogP contribution in [0.3, 0.4) is 0 Å². The fraction of sp³-hybridized carbons (Fsp3) is 0.333. The highest BCUT2D eigenvalue weighted by Gasteiger charge is 2.33. The van der Waals surface area contributed by atoms with Crippen LogP contribution in [0.2, 0.25) is 5.02 Å². The van der Waals surface area contributed by atoms with Crippen LogP contribution in [-0.2, 0) is 11.3 Å². The lowest BCUT2D eigenvalue weighted by atomic mass is 10.1. The second kappa shape index (κ2) is 8.43. The largest absolute Gasteiger partial charge is 0.395 e. The molecule has 0 radical (unpaired) electrons. The summed E-state index contributed by atoms with van der Waals surface area (Å²) in [6.45, 7) is 3.57. The number of aryl methyl sites for hydroxylation is 1. The zero-order valence-corrected chi connectivity index (χ0v) is 16.0. The van der Waals surface area contributed by atoms with Crippen molar-refractivity contribution in [1.82, 2.24) is 4.90 Å². The number of hydrogen-bond acceptors (Lipinski definition) is 4. The first-order valence-electron chi connectivity index (χ1n) is 8.93. The maximum Gasteiger partial charge on any atom is 0.224 e. The number of benzene rings is 2. The van der Waals surface area contributed by atoms with Crippen LogP contribution in [0.25, 0.3) is 0 Å². The molecule has 27 heavy (non-hydrogen) atoms. The molecule has 1 unspecified atom stereocenters. The summed E-state index contributed by atoms with van der Waals surface area (Å²) in [4.78, 5) is 16.2. The zero-order valence-electron chi connectivity index (χ0n) is 15.2. The van der Waals surface area contributed by atoms with Gasteiger partial charge in [0.25, 0.3) is 0 Å². The summed E-state index contributed by atoms with van der Waals surface area (Å²) in [7, 11) is 0. The topological polar surface area (TPSA) is 67.6 Å². The molecule has 3 rings (SSSR count). The van der Waals surface area contributed by atoms with E-state index < -0.39 is 0 Å². The molecule has 1 fully saturated rings. The van der Waals surface area contributed by atoms with E-state index in [9.17, 15) is 9.90 Å². The van der Waals surface area contributed by atoms with Crippen LogP contribution in [0.5, 0.6) is 0 Å². The second-order valence-corrected chi connectivity index (χ2v) is 7.16. The van der Waals surface area contributed by atoms with Crippen molar-refractivity contribution in [2.24, 2.45) is 0 Å². The zero-order chi connectivity index (χ0) is 19.4. The standard InChI is InChI=1S/C21H22ClN3O2/c1-15-4-2-3-5-17(15)13-25(18-7-6-16(12-23)20(22)10-18)19-11-21(27)24(14-19)8-9-26/h2-7,10,19,26H,8-9,11,13-14H2,1H3. The number of carbonyl (C=O) groups is 1. The predicted molar refractivity (Wildman–Crippen MR) is 106 cm³/mol. The maximum absolute atomic E-state index is 12.3. The van der Waals surface area contributed by atoms with Gasteiger partial charge in [-0.05, 0) is 36.2 Å². The third-order valence-corrected chi connectivity index (χ3v) is 5.32. The molecule has 1 aliphatic heterocycles. The fourth-order valence-electron chi connectivity index (χ4n) is 3.47. The molecule has 0 bridgehead atoms. The minimum atomic E-state index is -0.0427. The van der Waals surface area contributed by atoms with Gasteiger partial charge in [0.05, 0.1) is 23.2 Å². The number of nitriles is 1. The molecule has 1 atom stereocenters. The highest BCUT2D eigenvalue weighted by Crippen LogP contribution is 2.30. The van der Waals surface area contributed by atoms with Gasteiger partial charge in [-0.25, -0.2) is 0 Å². The molecule has 1 N–H and O–H groups in total. The Labute approximate surface area is 164 Å². The summed E-state index contributed by atoms with van der Waals surface area (Å²) in [5.74, 6) is 0.0450. The number of β-amino-alcohol motifs (C(OH)–C–C–N with tert-alkyl or cyclic N) is 1. The number of carbonyl (C=O) groups excluding carboxylic acids is 1. The maximum atomic E-state index is 12.3. The molecule has 2 aromatic rings. The number of likely N-dealkylation sites (tertiary alicyclic amines) is 1. The van der Waals surface area contributed by atoms with Gasteiger partial charge in [0.1, 0.15) is 6.07 Å². The first-order chi connectivity index (χ1) is 13.0. The van der Waals surface area contributed by atoms with Gasteiger partial charge in [-0.15, -0.1) is 0 Å². The SMILES string of the molecule is Cc1ccccc1CN(c1ccc(C#N)c(Cl)c1)C1CC(=O)N(CCO)C1. The summed E-state index contributed by atoms with van der Waals surface area (Å²) in [6, 6.07) is 15.6. The van der Waals surface area contributed by atoms with Gasteiger partial charge >= 0.3 is 0 Å². The second-order valence-electron chi connectivity index (χ2n) is 6.75. The molecule has 0 spiro atoms. The van der Waals surface area contributed by atoms with Crippen LogP contribution in [-0.4, -0.2) is 41.7 Å². The van der Waals surface area contributed by atoms with Gasteiger partial charge in [0.2, 0.25) is 5.91 Å². The summed E-state index contributed by atoms with van der Waals surface area (Å²) in [5.41, 5.74) is 3.66. The number of nitrogens with zero attached hydrogens (tertiary/aromatic N) is 3. The minimum Gasteiger partial charge on any atom is -0.395 e. The van der Waals surface area contributed by atoms with Crippen LogP contribution in [0, 0.1) is 18.3 Å². The Kier molecular flexibility index (Phi) is 6.00. The van der Waals surface area contributed by atoms with Gasteiger partial charge in [0.15, 0.2) is 0 Å². The van der Waals surface area contributed by atoms with E-state index in [0.29, 0.717) is 36.6 Å². The van der Waals surface area contributed by atoms with Crippen LogP contribution in [0.4, 0.5) is 5.69 Å². The lowest BCUT2D eigenvalue weighted by molar-refractivity contribution is -0.128. The summed E-state index contributed by atoms with van der Waals surface area (Å²) >= 11 is 6.26. The number of halogens is 1. The van der Waals surface area contributed by atoms with Crippen molar-refractivity contribution in [1.29, 1.82) is 5.26 Å². The molecule has 0 aromatic heterocycles. The fourth-order valence-corrected chi connectivity index (χ4v) is 3.69. The van der Waals surface area contributed by atoms with E-state index in [2.05, 4.69) is 30.0 Å². The van der Waals surface area contributed by atoms with E-state index in [0.717, 1.165) is 5.69 Å². The monoisotopic (exact) mass is 383 g/mol. The number of anilines is 1. The lowest BCUT2D eigenvalue weighted by Gasteiger charge is -2.32. The summed E-state index contributed by atoms with van der Waals surface area (Å²) in [6.07, 6.45) is 0.392. The van der Waals surface area contributed by atoms with E-state index in [1.807, 2.05) is 18.2 Å². The molecule has 1 saturated heterocycles. The first-order valence-corrected chi connectivity index (χ1v) is 9.30. The Morgan fingerprint density at radius 1 is 1.33 bits per heavy atom. The molecule has 6 heteroatoms. The Balaban J connectivity index is 1.94. The molecule has 140 valence electrons. The highest BCUT2D eigenvalue weighted by molar-refractivity contribution is 6.32. The average Bonchev–Trinajstić information content (AvgIpc) is 3.01. The van der Waals surface area contributed by atoms with E-state index >= 15 is 0 Å². The Morgan fingerprint density at radius 3 is 2.78 bits per heavy atom. The molecular formula is C21H22ClN3O2. The van der Waals surface area contributed by atoms with E-state index in [4.69, 9.17) is 16.9 Å². The normalized spacial score (nSPS) is 16.4. The molecule has 2 aromatic carbocycles. The smallest absolute Gasteiger partial charge is 0.224 e. The Bertz CT molecular complexity index is 878. The summed E-state index contributed by atoms with van der Waals surface area (Å²) in [5, 5.41) is 18.7. The van der Waals surface area contributed by atoms with Gasteiger partial charge in [-0.3, -0.25) is 4.79 Å². The van der Waals surface area contributed by atoms with Crippen LogP contribution < -0.4 is 4.90 Å². The summed E-state index contributed by atoms with van der Waals surface area (Å²) < 4.78 is 0. The first kappa shape index (κ1) is 19.2. The predicted octanol–water partition coefficient (Wildman–Crippen LogP) is 3.12. The number of aliphatic hydroxyl groups is 1. The third-order valence-electron chi connectivity index (χ3n) is 5.01. The molecule has 1 amide bonds.